The first kappa shape index (κ1) is 25.9. The van der Waals surface area contributed by atoms with Crippen LogP contribution in [0.5, 0.6) is 5.75 Å². The number of ether oxygens (including phenoxy) is 1. The lowest BCUT2D eigenvalue weighted by atomic mass is 10.0. The van der Waals surface area contributed by atoms with Crippen molar-refractivity contribution in [2.75, 3.05) is 19.3 Å². The van der Waals surface area contributed by atoms with Crippen molar-refractivity contribution in [3.8, 4) is 5.75 Å². The zero-order chi connectivity index (χ0) is 24.6. The van der Waals surface area contributed by atoms with Gasteiger partial charge in [-0.3, -0.25) is 0 Å². The third-order valence-corrected chi connectivity index (χ3v) is 6.60. The molecule has 0 aromatic heterocycles. The van der Waals surface area contributed by atoms with E-state index in [0.717, 1.165) is 23.1 Å². The van der Waals surface area contributed by atoms with E-state index in [2.05, 4.69) is 11.4 Å². The van der Waals surface area contributed by atoms with E-state index in [1.54, 1.807) is 36.4 Å². The van der Waals surface area contributed by atoms with Crippen LogP contribution in [0.25, 0.3) is 0 Å². The van der Waals surface area contributed by atoms with Crippen molar-refractivity contribution in [1.82, 2.24) is 5.32 Å². The Balaban J connectivity index is 1.42. The van der Waals surface area contributed by atoms with Gasteiger partial charge in [0.25, 0.3) is 0 Å². The van der Waals surface area contributed by atoms with Crippen LogP contribution in [0.15, 0.2) is 71.6 Å². The van der Waals surface area contributed by atoms with Gasteiger partial charge >= 0.3 is 0 Å². The van der Waals surface area contributed by atoms with Crippen molar-refractivity contribution in [2.45, 2.75) is 37.2 Å². The van der Waals surface area contributed by atoms with Crippen LogP contribution >= 0.6 is 0 Å². The van der Waals surface area contributed by atoms with Gasteiger partial charge in [0.15, 0.2) is 9.84 Å². The van der Waals surface area contributed by atoms with Gasteiger partial charge in [-0.2, -0.15) is 0 Å². The molecule has 8 heteroatoms. The van der Waals surface area contributed by atoms with E-state index >= 15 is 0 Å². The summed E-state index contributed by atoms with van der Waals surface area (Å²) in [6.07, 6.45) is 1.23. The highest BCUT2D eigenvalue weighted by atomic mass is 32.2. The molecule has 0 fully saturated rings. The topological polar surface area (TPSA) is 116 Å². The third kappa shape index (κ3) is 7.65. The highest BCUT2D eigenvalue weighted by molar-refractivity contribution is 7.90. The molecule has 1 unspecified atom stereocenters. The van der Waals surface area contributed by atoms with Gasteiger partial charge in [-0.25, -0.2) is 8.42 Å². The van der Waals surface area contributed by atoms with Gasteiger partial charge in [0.1, 0.15) is 5.75 Å². The molecule has 182 valence electrons. The monoisotopic (exact) mass is 485 g/mol. The van der Waals surface area contributed by atoms with Crippen LogP contribution in [0.4, 0.5) is 0 Å². The largest absolute Gasteiger partial charge is 0.508 e. The molecule has 3 aromatic carbocycles. The van der Waals surface area contributed by atoms with E-state index in [0.29, 0.717) is 42.3 Å². The first-order valence-corrected chi connectivity index (χ1v) is 12.9. The number of nitrogens with one attached hydrogen (secondary N) is 1. The highest BCUT2D eigenvalue weighted by Crippen LogP contribution is 2.22. The molecule has 0 aliphatic carbocycles. The maximum atomic E-state index is 11.5. The van der Waals surface area contributed by atoms with Gasteiger partial charge < -0.3 is 25.4 Å². The molecule has 0 aliphatic heterocycles. The lowest BCUT2D eigenvalue weighted by molar-refractivity contribution is 0.107. The Morgan fingerprint density at radius 3 is 2.35 bits per heavy atom. The van der Waals surface area contributed by atoms with Crippen LogP contribution in [0.2, 0.25) is 0 Å². The highest BCUT2D eigenvalue weighted by Gasteiger charge is 2.10. The quantitative estimate of drug-likeness (QED) is 0.292. The Morgan fingerprint density at radius 1 is 0.941 bits per heavy atom. The number of sulfone groups is 1. The average Bonchev–Trinajstić information content (AvgIpc) is 2.82. The fourth-order valence-electron chi connectivity index (χ4n) is 3.52. The molecule has 0 saturated heterocycles. The molecule has 0 radical (unpaired) electrons. The first-order chi connectivity index (χ1) is 16.3. The van der Waals surface area contributed by atoms with Crippen LogP contribution in [0, 0.1) is 0 Å². The fraction of sp³-hybridized carbons (Fsp3) is 0.308. The summed E-state index contributed by atoms with van der Waals surface area (Å²) in [7, 11) is -3.20. The molecule has 3 aromatic rings. The van der Waals surface area contributed by atoms with Crippen LogP contribution in [-0.2, 0) is 40.8 Å². The maximum Gasteiger partial charge on any atom is 0.175 e. The summed E-state index contributed by atoms with van der Waals surface area (Å²) in [5.41, 5.74) is 4.13. The standard InChI is InChI=1S/C26H31NO6S/c1-34(31,32)24-8-5-20(6-9-24)17-33-18-21-4-2-3-19(13-21)11-12-27-15-26(30)22-7-10-25(29)23(14-22)16-28/h2-10,13-14,26-30H,11-12,15-18H2,1H3. The molecule has 1 atom stereocenters. The van der Waals surface area contributed by atoms with Crippen LogP contribution in [0.3, 0.4) is 0 Å². The molecule has 7 nitrogen and oxygen atoms in total. The van der Waals surface area contributed by atoms with Gasteiger partial charge in [0.2, 0.25) is 0 Å². The van der Waals surface area contributed by atoms with Crippen molar-refractivity contribution < 1.29 is 28.5 Å². The zero-order valence-electron chi connectivity index (χ0n) is 19.1. The number of hydrogen-bond acceptors (Lipinski definition) is 7. The van der Waals surface area contributed by atoms with Gasteiger partial charge in [0.05, 0.1) is 30.8 Å². The lowest BCUT2D eigenvalue weighted by Crippen LogP contribution is -2.23. The van der Waals surface area contributed by atoms with Gasteiger partial charge in [-0.05, 0) is 59.5 Å². The summed E-state index contributed by atoms with van der Waals surface area (Å²) >= 11 is 0. The molecule has 0 spiro atoms. The summed E-state index contributed by atoms with van der Waals surface area (Å²) in [5.74, 6) is 0.0140. The summed E-state index contributed by atoms with van der Waals surface area (Å²) in [6.45, 7) is 1.59. The zero-order valence-corrected chi connectivity index (χ0v) is 20.0. The summed E-state index contributed by atoms with van der Waals surface area (Å²) in [5, 5.41) is 32.5. The predicted octanol–water partition coefficient (Wildman–Crippen LogP) is 2.87. The van der Waals surface area contributed by atoms with Gasteiger partial charge in [-0.15, -0.1) is 0 Å². The Kier molecular flexibility index (Phi) is 9.20. The second-order valence-electron chi connectivity index (χ2n) is 8.25. The van der Waals surface area contributed by atoms with Crippen molar-refractivity contribution in [1.29, 1.82) is 0 Å². The first-order valence-electron chi connectivity index (χ1n) is 11.0. The van der Waals surface area contributed by atoms with E-state index in [-0.39, 0.29) is 12.4 Å². The van der Waals surface area contributed by atoms with Crippen molar-refractivity contribution in [3.05, 3.63) is 94.5 Å². The van der Waals surface area contributed by atoms with Gasteiger partial charge in [0, 0.05) is 18.4 Å². The smallest absolute Gasteiger partial charge is 0.175 e. The van der Waals surface area contributed by atoms with E-state index in [1.807, 2.05) is 18.2 Å². The molecule has 0 heterocycles. The summed E-state index contributed by atoms with van der Waals surface area (Å²) in [4.78, 5) is 0.294. The molecule has 4 N–H and O–H groups in total. The third-order valence-electron chi connectivity index (χ3n) is 5.47. The minimum absolute atomic E-state index is 0.0140. The van der Waals surface area contributed by atoms with Crippen LogP contribution in [-0.4, -0.2) is 43.1 Å². The molecule has 0 aliphatic rings. The Labute approximate surface area is 200 Å². The van der Waals surface area contributed by atoms with Crippen molar-refractivity contribution >= 4 is 9.84 Å². The molecule has 3 rings (SSSR count). The minimum Gasteiger partial charge on any atom is -0.508 e. The Bertz CT molecular complexity index is 1180. The Morgan fingerprint density at radius 2 is 1.65 bits per heavy atom. The second-order valence-corrected chi connectivity index (χ2v) is 10.3. The molecule has 0 amide bonds. The lowest BCUT2D eigenvalue weighted by Gasteiger charge is -2.14. The SMILES string of the molecule is CS(=O)(=O)c1ccc(COCc2cccc(CCNCC(O)c3ccc(O)c(CO)c3)c2)cc1. The number of rotatable bonds is 12. The van der Waals surface area contributed by atoms with Crippen molar-refractivity contribution in [2.24, 2.45) is 0 Å². The number of benzene rings is 3. The summed E-state index contributed by atoms with van der Waals surface area (Å²) in [6, 6.07) is 19.5. The average molecular weight is 486 g/mol. The van der Waals surface area contributed by atoms with Gasteiger partial charge in [-0.1, -0.05) is 42.5 Å². The van der Waals surface area contributed by atoms with Crippen LogP contribution in [0.1, 0.15) is 33.9 Å². The summed E-state index contributed by atoms with van der Waals surface area (Å²) < 4.78 is 28.9. The molecule has 0 bridgehead atoms. The van der Waals surface area contributed by atoms with Crippen LogP contribution < -0.4 is 5.32 Å². The maximum absolute atomic E-state index is 11.5. The molecule has 34 heavy (non-hydrogen) atoms. The van der Waals surface area contributed by atoms with E-state index in [9.17, 15) is 23.7 Å². The van der Waals surface area contributed by atoms with E-state index in [4.69, 9.17) is 4.74 Å². The van der Waals surface area contributed by atoms with E-state index in [1.165, 1.54) is 12.3 Å². The number of aliphatic hydroxyl groups is 2. The predicted molar refractivity (Wildman–Crippen MR) is 130 cm³/mol. The number of aliphatic hydroxyl groups excluding tert-OH is 2. The molecular formula is C26H31NO6S. The second kappa shape index (κ2) is 12.1. The molecule has 0 saturated carbocycles. The minimum atomic E-state index is -3.20. The number of hydrogen-bond donors (Lipinski definition) is 4. The normalized spacial score (nSPS) is 12.6. The fourth-order valence-corrected chi connectivity index (χ4v) is 4.15. The molecular weight excluding hydrogens is 454 g/mol. The Hall–Kier alpha value is -2.75. The van der Waals surface area contributed by atoms with Crippen molar-refractivity contribution in [3.63, 3.8) is 0 Å². The number of phenols is 1. The number of aromatic hydroxyl groups is 1. The van der Waals surface area contributed by atoms with E-state index < -0.39 is 15.9 Å².